The van der Waals surface area contributed by atoms with E-state index in [0.29, 0.717) is 0 Å². The fourth-order valence-electron chi connectivity index (χ4n) is 5.52. The molecule has 0 spiro atoms. The lowest BCUT2D eigenvalue weighted by molar-refractivity contribution is 0.477. The van der Waals surface area contributed by atoms with Crippen LogP contribution in [0.3, 0.4) is 0 Å². The predicted molar refractivity (Wildman–Crippen MR) is 166 cm³/mol. The number of anilines is 8. The Balaban J connectivity index is 1.07. The molecule has 0 amide bonds. The maximum atomic E-state index is 6.16. The lowest BCUT2D eigenvalue weighted by Crippen LogP contribution is -2.15. The Morgan fingerprint density at radius 3 is 0.951 bits per heavy atom. The summed E-state index contributed by atoms with van der Waals surface area (Å²) in [6, 6.07) is 49.5. The van der Waals surface area contributed by atoms with Gasteiger partial charge in [-0.05, 0) is 97.1 Å². The van der Waals surface area contributed by atoms with E-state index in [1.165, 1.54) is 0 Å². The average molecular weight is 532 g/mol. The maximum absolute atomic E-state index is 6.16. The molecule has 6 aromatic rings. The van der Waals surface area contributed by atoms with Gasteiger partial charge in [-0.25, -0.2) is 0 Å². The van der Waals surface area contributed by atoms with Gasteiger partial charge in [0.15, 0.2) is 23.0 Å². The van der Waals surface area contributed by atoms with Crippen molar-refractivity contribution in [3.05, 3.63) is 146 Å². The monoisotopic (exact) mass is 531 g/mol. The summed E-state index contributed by atoms with van der Waals surface area (Å²) in [6.45, 7) is 0. The van der Waals surface area contributed by atoms with Gasteiger partial charge < -0.3 is 24.6 Å². The molecule has 0 saturated carbocycles. The van der Waals surface area contributed by atoms with Crippen LogP contribution < -0.4 is 24.6 Å². The molecule has 41 heavy (non-hydrogen) atoms. The molecule has 0 fully saturated rings. The molecule has 2 heterocycles. The first-order chi connectivity index (χ1) is 20.3. The number of nitrogens with one attached hydrogen (secondary N) is 1. The largest absolute Gasteiger partial charge is 0.453 e. The van der Waals surface area contributed by atoms with Crippen molar-refractivity contribution in [2.45, 2.75) is 0 Å². The molecule has 0 aromatic heterocycles. The summed E-state index contributed by atoms with van der Waals surface area (Å²) in [5.74, 6) is 3.39. The van der Waals surface area contributed by atoms with Crippen LogP contribution in [-0.2, 0) is 0 Å². The highest BCUT2D eigenvalue weighted by molar-refractivity contribution is 5.88. The van der Waals surface area contributed by atoms with Crippen LogP contribution >= 0.6 is 0 Å². The first kappa shape index (κ1) is 23.2. The molecule has 5 heteroatoms. The Labute approximate surface area is 238 Å². The van der Waals surface area contributed by atoms with Crippen LogP contribution in [-0.4, -0.2) is 0 Å². The van der Waals surface area contributed by atoms with Crippen LogP contribution in [0.5, 0.6) is 23.0 Å². The minimum atomic E-state index is 0.846. The Kier molecular flexibility index (Phi) is 5.38. The van der Waals surface area contributed by atoms with Gasteiger partial charge in [0.1, 0.15) is 0 Å². The molecule has 1 N–H and O–H groups in total. The average Bonchev–Trinajstić information content (AvgIpc) is 3.03. The second-order valence-corrected chi connectivity index (χ2v) is 9.96. The van der Waals surface area contributed by atoms with Crippen molar-refractivity contribution in [3.63, 3.8) is 0 Å². The lowest BCUT2D eigenvalue weighted by Gasteiger charge is -2.33. The number of para-hydroxylation sites is 8. The van der Waals surface area contributed by atoms with Crippen molar-refractivity contribution in [2.24, 2.45) is 0 Å². The zero-order valence-electron chi connectivity index (χ0n) is 22.1. The second kappa shape index (κ2) is 9.50. The number of nitrogens with zero attached hydrogens (tertiary/aromatic N) is 2. The molecule has 0 aliphatic carbocycles. The maximum Gasteiger partial charge on any atom is 0.151 e. The molecular weight excluding hydrogens is 506 g/mol. The van der Waals surface area contributed by atoms with Crippen molar-refractivity contribution in [1.29, 1.82) is 0 Å². The summed E-state index contributed by atoms with van der Waals surface area (Å²) >= 11 is 0. The number of rotatable bonds is 4. The predicted octanol–water partition coefficient (Wildman–Crippen LogP) is 10.6. The van der Waals surface area contributed by atoms with Crippen molar-refractivity contribution >= 4 is 45.5 Å². The summed E-state index contributed by atoms with van der Waals surface area (Å²) in [5, 5.41) is 3.55. The number of benzene rings is 6. The van der Waals surface area contributed by atoms with Gasteiger partial charge in [0.2, 0.25) is 0 Å². The molecule has 0 radical (unpaired) electrons. The third-order valence-corrected chi connectivity index (χ3v) is 7.40. The Morgan fingerprint density at radius 2 is 0.634 bits per heavy atom. The van der Waals surface area contributed by atoms with E-state index in [1.807, 2.05) is 72.8 Å². The Bertz CT molecular complexity index is 1650. The van der Waals surface area contributed by atoms with Gasteiger partial charge in [0.05, 0.1) is 22.7 Å². The van der Waals surface area contributed by atoms with Crippen LogP contribution in [0, 0.1) is 0 Å². The number of hydrogen-bond donors (Lipinski definition) is 1. The van der Waals surface area contributed by atoms with Gasteiger partial charge in [-0.1, -0.05) is 48.5 Å². The van der Waals surface area contributed by atoms with Crippen LogP contribution in [0.25, 0.3) is 0 Å². The van der Waals surface area contributed by atoms with Crippen molar-refractivity contribution < 1.29 is 9.47 Å². The molecule has 8 rings (SSSR count). The topological polar surface area (TPSA) is 37.0 Å². The van der Waals surface area contributed by atoms with Crippen molar-refractivity contribution in [3.8, 4) is 23.0 Å². The highest BCUT2D eigenvalue weighted by Crippen LogP contribution is 2.51. The second-order valence-electron chi connectivity index (χ2n) is 9.96. The first-order valence-corrected chi connectivity index (χ1v) is 13.6. The van der Waals surface area contributed by atoms with Gasteiger partial charge in [-0.15, -0.1) is 0 Å². The minimum Gasteiger partial charge on any atom is -0.453 e. The summed E-state index contributed by atoms with van der Waals surface area (Å²) in [6.07, 6.45) is 0. The smallest absolute Gasteiger partial charge is 0.151 e. The van der Waals surface area contributed by atoms with Gasteiger partial charge in [-0.2, -0.15) is 0 Å². The summed E-state index contributed by atoms with van der Waals surface area (Å²) < 4.78 is 12.3. The highest BCUT2D eigenvalue weighted by atomic mass is 16.5. The summed E-state index contributed by atoms with van der Waals surface area (Å²) in [5.41, 5.74) is 8.25. The van der Waals surface area contributed by atoms with Crippen LogP contribution in [0.4, 0.5) is 45.5 Å². The molecule has 5 nitrogen and oxygen atoms in total. The fraction of sp³-hybridized carbons (Fsp3) is 0. The molecule has 0 unspecified atom stereocenters. The van der Waals surface area contributed by atoms with E-state index in [4.69, 9.17) is 9.47 Å². The summed E-state index contributed by atoms with van der Waals surface area (Å²) in [4.78, 5) is 4.48. The molecule has 2 aliphatic rings. The van der Waals surface area contributed by atoms with E-state index in [0.717, 1.165) is 68.5 Å². The van der Waals surface area contributed by atoms with E-state index >= 15 is 0 Å². The number of fused-ring (bicyclic) bond motifs is 4. The summed E-state index contributed by atoms with van der Waals surface area (Å²) in [7, 11) is 0. The normalized spacial score (nSPS) is 12.7. The fourth-order valence-corrected chi connectivity index (χ4v) is 5.52. The molecular formula is C36H25N3O2. The molecule has 0 atom stereocenters. The molecule has 0 saturated heterocycles. The van der Waals surface area contributed by atoms with E-state index in [9.17, 15) is 0 Å². The van der Waals surface area contributed by atoms with E-state index < -0.39 is 0 Å². The van der Waals surface area contributed by atoms with Gasteiger partial charge >= 0.3 is 0 Å². The highest BCUT2D eigenvalue weighted by Gasteiger charge is 2.26. The zero-order chi connectivity index (χ0) is 27.2. The Hall–Kier alpha value is -5.68. The van der Waals surface area contributed by atoms with Crippen molar-refractivity contribution in [1.82, 2.24) is 0 Å². The van der Waals surface area contributed by atoms with Crippen LogP contribution in [0.15, 0.2) is 146 Å². The molecule has 0 bridgehead atoms. The quantitative estimate of drug-likeness (QED) is 0.244. The van der Waals surface area contributed by atoms with Gasteiger partial charge in [0.25, 0.3) is 0 Å². The lowest BCUT2D eigenvalue weighted by atomic mass is 10.1. The number of hydrogen-bond acceptors (Lipinski definition) is 5. The first-order valence-electron chi connectivity index (χ1n) is 13.6. The zero-order valence-corrected chi connectivity index (χ0v) is 22.1. The number of ether oxygens (including phenoxy) is 2. The third kappa shape index (κ3) is 4.03. The molecule has 6 aromatic carbocycles. The standard InChI is InChI=1S/C36H25N3O2/c1-5-13-33-29(9-1)38(30-10-2-6-14-34(30)40-33)27-21-17-25(18-22-27)37-26-19-23-28(24-20-26)39-31-11-3-7-15-35(31)41-36-16-8-4-12-32(36)39/h1-24,37H. The minimum absolute atomic E-state index is 0.846. The van der Waals surface area contributed by atoms with Crippen LogP contribution in [0.1, 0.15) is 0 Å². The van der Waals surface area contributed by atoms with E-state index in [1.54, 1.807) is 0 Å². The van der Waals surface area contributed by atoms with Crippen LogP contribution in [0.2, 0.25) is 0 Å². The van der Waals surface area contributed by atoms with Crippen molar-refractivity contribution in [2.75, 3.05) is 15.1 Å². The third-order valence-electron chi connectivity index (χ3n) is 7.40. The molecule has 2 aliphatic heterocycles. The van der Waals surface area contributed by atoms with E-state index in [2.05, 4.69) is 87.9 Å². The Morgan fingerprint density at radius 1 is 0.341 bits per heavy atom. The molecule has 196 valence electrons. The van der Waals surface area contributed by atoms with Gasteiger partial charge in [0, 0.05) is 22.7 Å². The SMILES string of the molecule is c1ccc2c(c1)Oc1ccccc1N2c1ccc(Nc2ccc(N3c4ccccc4Oc4ccccc43)cc2)cc1. The van der Waals surface area contributed by atoms with E-state index in [-0.39, 0.29) is 0 Å². The van der Waals surface area contributed by atoms with Gasteiger partial charge in [-0.3, -0.25) is 0 Å².